The average Bonchev–Trinajstić information content (AvgIpc) is 3.30. The highest BCUT2D eigenvalue weighted by atomic mass is 16.5. The first-order chi connectivity index (χ1) is 17.5. The van der Waals surface area contributed by atoms with Gasteiger partial charge in [0.15, 0.2) is 0 Å². The molecule has 0 spiro atoms. The van der Waals surface area contributed by atoms with Crippen LogP contribution in [0.25, 0.3) is 10.9 Å². The maximum Gasteiger partial charge on any atom is 0.408 e. The van der Waals surface area contributed by atoms with E-state index in [0.29, 0.717) is 0 Å². The van der Waals surface area contributed by atoms with Crippen LogP contribution in [-0.4, -0.2) is 35.0 Å². The zero-order chi connectivity index (χ0) is 25.3. The minimum Gasteiger partial charge on any atom is -0.445 e. The first-order valence-corrected chi connectivity index (χ1v) is 11.7. The third kappa shape index (κ3) is 6.50. The van der Waals surface area contributed by atoms with E-state index in [1.165, 1.54) is 0 Å². The van der Waals surface area contributed by atoms with Crippen LogP contribution in [0.5, 0.6) is 0 Å². The molecule has 5 N–H and O–H groups in total. The molecule has 0 bridgehead atoms. The van der Waals surface area contributed by atoms with E-state index in [-0.39, 0.29) is 19.4 Å². The second-order valence-corrected chi connectivity index (χ2v) is 8.48. The highest BCUT2D eigenvalue weighted by molar-refractivity contribution is 5.92. The van der Waals surface area contributed by atoms with Crippen LogP contribution in [0, 0.1) is 0 Å². The lowest BCUT2D eigenvalue weighted by Gasteiger charge is -2.22. The van der Waals surface area contributed by atoms with Crippen molar-refractivity contribution in [1.29, 1.82) is 0 Å². The zero-order valence-electron chi connectivity index (χ0n) is 19.6. The molecule has 1 heterocycles. The second-order valence-electron chi connectivity index (χ2n) is 8.48. The Balaban J connectivity index is 1.46. The lowest BCUT2D eigenvalue weighted by molar-refractivity contribution is -0.128. The molecular formula is C28H28N4O4. The minimum absolute atomic E-state index is 0.0663. The predicted octanol–water partition coefficient (Wildman–Crippen LogP) is 3.22. The number of carbonyl (C=O) groups excluding carboxylic acids is 3. The highest BCUT2D eigenvalue weighted by Gasteiger charge is 2.27. The first kappa shape index (κ1) is 24.5. The van der Waals surface area contributed by atoms with Crippen molar-refractivity contribution in [3.05, 3.63) is 108 Å². The van der Waals surface area contributed by atoms with Gasteiger partial charge >= 0.3 is 6.09 Å². The van der Waals surface area contributed by atoms with Crippen molar-refractivity contribution in [2.75, 3.05) is 0 Å². The fraction of sp³-hybridized carbons (Fsp3) is 0.179. The van der Waals surface area contributed by atoms with Crippen LogP contribution in [0.1, 0.15) is 16.7 Å². The number of nitrogens with one attached hydrogen (secondary N) is 3. The number of para-hydroxylation sites is 1. The number of primary amides is 1. The standard InChI is InChI=1S/C28H28N4O4/c29-26(33)24(16-21-17-30-23-14-8-7-13-22(21)23)31-27(34)25(15-19-9-3-1-4-10-19)32-28(35)36-18-20-11-5-2-6-12-20/h1-14,17,24-25,30H,15-16,18H2,(H2,29,33)(H,31,34)(H,32,35)/t24-,25+/m1/s1. The summed E-state index contributed by atoms with van der Waals surface area (Å²) in [5.41, 5.74) is 9.07. The molecule has 0 unspecified atom stereocenters. The molecule has 3 amide bonds. The first-order valence-electron chi connectivity index (χ1n) is 11.7. The molecule has 2 atom stereocenters. The Hall–Kier alpha value is -4.59. The smallest absolute Gasteiger partial charge is 0.408 e. The molecule has 3 aromatic carbocycles. The van der Waals surface area contributed by atoms with Crippen molar-refractivity contribution in [2.45, 2.75) is 31.5 Å². The van der Waals surface area contributed by atoms with E-state index in [9.17, 15) is 14.4 Å². The number of benzene rings is 3. The number of fused-ring (bicyclic) bond motifs is 1. The molecule has 184 valence electrons. The predicted molar refractivity (Wildman–Crippen MR) is 137 cm³/mol. The summed E-state index contributed by atoms with van der Waals surface area (Å²) >= 11 is 0. The Kier molecular flexibility index (Phi) is 7.97. The van der Waals surface area contributed by atoms with Gasteiger partial charge in [0.1, 0.15) is 18.7 Å². The number of nitrogens with two attached hydrogens (primary N) is 1. The summed E-state index contributed by atoms with van der Waals surface area (Å²) in [6, 6.07) is 24.3. The summed E-state index contributed by atoms with van der Waals surface area (Å²) in [5.74, 6) is -1.20. The molecule has 0 radical (unpaired) electrons. The number of aromatic amines is 1. The van der Waals surface area contributed by atoms with Gasteiger partial charge in [0.25, 0.3) is 0 Å². The third-order valence-corrected chi connectivity index (χ3v) is 5.86. The molecule has 0 fully saturated rings. The summed E-state index contributed by atoms with van der Waals surface area (Å²) < 4.78 is 5.31. The number of ether oxygens (including phenoxy) is 1. The van der Waals surface area contributed by atoms with Gasteiger partial charge in [-0.2, -0.15) is 0 Å². The molecule has 0 aliphatic rings. The Labute approximate surface area is 208 Å². The van der Waals surface area contributed by atoms with Gasteiger partial charge in [-0.15, -0.1) is 0 Å². The van der Waals surface area contributed by atoms with Gasteiger partial charge in [-0.05, 0) is 22.8 Å². The van der Waals surface area contributed by atoms with Gasteiger partial charge in [-0.3, -0.25) is 9.59 Å². The lowest BCUT2D eigenvalue weighted by Crippen LogP contribution is -2.54. The number of hydrogen-bond acceptors (Lipinski definition) is 4. The fourth-order valence-corrected chi connectivity index (χ4v) is 3.98. The van der Waals surface area contributed by atoms with E-state index < -0.39 is 30.0 Å². The van der Waals surface area contributed by atoms with Crippen LogP contribution in [0.2, 0.25) is 0 Å². The summed E-state index contributed by atoms with van der Waals surface area (Å²) in [6.07, 6.45) is 1.49. The molecule has 8 nitrogen and oxygen atoms in total. The van der Waals surface area contributed by atoms with Gasteiger partial charge < -0.3 is 26.1 Å². The molecule has 4 aromatic rings. The van der Waals surface area contributed by atoms with Crippen LogP contribution in [0.4, 0.5) is 4.79 Å². The van der Waals surface area contributed by atoms with Crippen LogP contribution in [0.3, 0.4) is 0 Å². The summed E-state index contributed by atoms with van der Waals surface area (Å²) in [7, 11) is 0. The minimum atomic E-state index is -0.972. The van der Waals surface area contributed by atoms with E-state index in [4.69, 9.17) is 10.5 Å². The fourth-order valence-electron chi connectivity index (χ4n) is 3.98. The molecule has 4 rings (SSSR count). The number of rotatable bonds is 10. The Morgan fingerprint density at radius 3 is 2.11 bits per heavy atom. The lowest BCUT2D eigenvalue weighted by atomic mass is 10.0. The molecule has 8 heteroatoms. The SMILES string of the molecule is NC(=O)[C@@H](Cc1c[nH]c2ccccc12)NC(=O)[C@H](Cc1ccccc1)NC(=O)OCc1ccccc1. The molecule has 0 saturated heterocycles. The second kappa shape index (κ2) is 11.7. The zero-order valence-corrected chi connectivity index (χ0v) is 19.6. The van der Waals surface area contributed by atoms with Crippen LogP contribution >= 0.6 is 0 Å². The number of aromatic nitrogens is 1. The maximum absolute atomic E-state index is 13.3. The Morgan fingerprint density at radius 1 is 0.778 bits per heavy atom. The van der Waals surface area contributed by atoms with Gasteiger partial charge in [-0.1, -0.05) is 78.9 Å². The quantitative estimate of drug-likeness (QED) is 0.276. The van der Waals surface area contributed by atoms with Gasteiger partial charge in [0, 0.05) is 29.9 Å². The largest absolute Gasteiger partial charge is 0.445 e. The van der Waals surface area contributed by atoms with Crippen molar-refractivity contribution in [1.82, 2.24) is 15.6 Å². The highest BCUT2D eigenvalue weighted by Crippen LogP contribution is 2.19. The Bertz CT molecular complexity index is 1320. The molecule has 1 aromatic heterocycles. The van der Waals surface area contributed by atoms with Crippen LogP contribution in [0.15, 0.2) is 91.1 Å². The number of alkyl carbamates (subject to hydrolysis) is 1. The maximum atomic E-state index is 13.3. The van der Waals surface area contributed by atoms with Gasteiger partial charge in [-0.25, -0.2) is 4.79 Å². The molecule has 0 aliphatic heterocycles. The van der Waals surface area contributed by atoms with Crippen molar-refractivity contribution < 1.29 is 19.1 Å². The van der Waals surface area contributed by atoms with Crippen molar-refractivity contribution in [3.8, 4) is 0 Å². The summed E-state index contributed by atoms with van der Waals surface area (Å²) in [6.45, 7) is 0.0663. The van der Waals surface area contributed by atoms with E-state index >= 15 is 0 Å². The van der Waals surface area contributed by atoms with E-state index in [1.807, 2.05) is 84.9 Å². The van der Waals surface area contributed by atoms with Gasteiger partial charge in [0.05, 0.1) is 0 Å². The average molecular weight is 485 g/mol. The van der Waals surface area contributed by atoms with Crippen LogP contribution < -0.4 is 16.4 Å². The van der Waals surface area contributed by atoms with Crippen LogP contribution in [-0.2, 0) is 33.8 Å². The van der Waals surface area contributed by atoms with E-state index in [1.54, 1.807) is 6.20 Å². The molecular weight excluding hydrogens is 456 g/mol. The number of H-pyrrole nitrogens is 1. The summed E-state index contributed by atoms with van der Waals surface area (Å²) in [5, 5.41) is 6.30. The van der Waals surface area contributed by atoms with Crippen molar-refractivity contribution in [2.24, 2.45) is 5.73 Å². The normalized spacial score (nSPS) is 12.4. The van der Waals surface area contributed by atoms with Gasteiger partial charge in [0.2, 0.25) is 11.8 Å². The number of amides is 3. The van der Waals surface area contributed by atoms with E-state index in [2.05, 4.69) is 15.6 Å². The number of hydrogen-bond donors (Lipinski definition) is 4. The third-order valence-electron chi connectivity index (χ3n) is 5.86. The molecule has 36 heavy (non-hydrogen) atoms. The topological polar surface area (TPSA) is 126 Å². The van der Waals surface area contributed by atoms with Crippen molar-refractivity contribution in [3.63, 3.8) is 0 Å². The van der Waals surface area contributed by atoms with E-state index in [0.717, 1.165) is 27.6 Å². The molecule has 0 saturated carbocycles. The monoisotopic (exact) mass is 484 g/mol. The Morgan fingerprint density at radius 2 is 1.42 bits per heavy atom. The van der Waals surface area contributed by atoms with Crippen molar-refractivity contribution >= 4 is 28.8 Å². The summed E-state index contributed by atoms with van der Waals surface area (Å²) in [4.78, 5) is 41.2. The molecule has 0 aliphatic carbocycles. The number of carbonyl (C=O) groups is 3.